The predicted molar refractivity (Wildman–Crippen MR) is 67.9 cm³/mol. The smallest absolute Gasteiger partial charge is 0.167 e. The molecule has 0 amide bonds. The Morgan fingerprint density at radius 3 is 2.65 bits per heavy atom. The molecule has 0 bridgehead atoms. The van der Waals surface area contributed by atoms with Crippen molar-refractivity contribution in [3.63, 3.8) is 0 Å². The second-order valence-electron chi connectivity index (χ2n) is 4.65. The molecule has 1 heterocycles. The summed E-state index contributed by atoms with van der Waals surface area (Å²) in [6.45, 7) is 0. The first kappa shape index (κ1) is 11.2. The lowest BCUT2D eigenvalue weighted by atomic mass is 10.1. The third-order valence-corrected chi connectivity index (χ3v) is 4.53. The highest BCUT2D eigenvalue weighted by molar-refractivity contribution is 8.00. The van der Waals surface area contributed by atoms with Crippen molar-refractivity contribution < 1.29 is 14.6 Å². The van der Waals surface area contributed by atoms with E-state index in [0.717, 1.165) is 41.4 Å². The molecule has 0 unspecified atom stereocenters. The molecule has 1 aliphatic carbocycles. The second kappa shape index (κ2) is 4.10. The summed E-state index contributed by atoms with van der Waals surface area (Å²) in [5.74, 6) is 3.51. The van der Waals surface area contributed by atoms with Crippen LogP contribution in [0.15, 0.2) is 18.2 Å². The largest absolute Gasteiger partial charge is 0.493 e. The zero-order chi connectivity index (χ0) is 11.9. The number of aliphatic hydroxyl groups is 1. The van der Waals surface area contributed by atoms with Crippen LogP contribution in [0.4, 0.5) is 0 Å². The van der Waals surface area contributed by atoms with Crippen LogP contribution in [-0.2, 0) is 5.60 Å². The van der Waals surface area contributed by atoms with E-state index in [1.54, 1.807) is 7.11 Å². The Hall–Kier alpha value is -0.870. The Labute approximate surface area is 105 Å². The molecular formula is C13H16O3S. The van der Waals surface area contributed by atoms with Crippen molar-refractivity contribution in [3.05, 3.63) is 23.8 Å². The van der Waals surface area contributed by atoms with Crippen molar-refractivity contribution in [3.8, 4) is 11.5 Å². The Balaban J connectivity index is 1.95. The van der Waals surface area contributed by atoms with E-state index in [4.69, 9.17) is 9.47 Å². The first-order valence-electron chi connectivity index (χ1n) is 5.87. The fraction of sp³-hybridized carbons (Fsp3) is 0.538. The normalized spacial score (nSPS) is 21.8. The van der Waals surface area contributed by atoms with Gasteiger partial charge in [0.15, 0.2) is 11.5 Å². The molecule has 3 nitrogen and oxygen atoms in total. The summed E-state index contributed by atoms with van der Waals surface area (Å²) in [5, 5.41) is 10.3. The van der Waals surface area contributed by atoms with Gasteiger partial charge in [0.2, 0.25) is 0 Å². The Kier molecular flexibility index (Phi) is 2.71. The van der Waals surface area contributed by atoms with Crippen molar-refractivity contribution in [1.82, 2.24) is 0 Å². The van der Waals surface area contributed by atoms with Gasteiger partial charge in [-0.15, -0.1) is 0 Å². The van der Waals surface area contributed by atoms with Crippen LogP contribution in [0.25, 0.3) is 0 Å². The minimum atomic E-state index is -0.680. The second-order valence-corrected chi connectivity index (χ2v) is 5.72. The van der Waals surface area contributed by atoms with Gasteiger partial charge in [-0.2, -0.15) is 11.8 Å². The number of ether oxygens (including phenoxy) is 2. The van der Waals surface area contributed by atoms with Crippen LogP contribution in [0, 0.1) is 0 Å². The van der Waals surface area contributed by atoms with Gasteiger partial charge in [0.1, 0.15) is 6.10 Å². The predicted octanol–water partition coefficient (Wildman–Crippen LogP) is 2.17. The Morgan fingerprint density at radius 1 is 1.35 bits per heavy atom. The number of rotatable bonds is 4. The van der Waals surface area contributed by atoms with Crippen LogP contribution in [0.3, 0.4) is 0 Å². The van der Waals surface area contributed by atoms with Crippen LogP contribution in [-0.4, -0.2) is 29.8 Å². The van der Waals surface area contributed by atoms with Gasteiger partial charge in [-0.25, -0.2) is 0 Å². The number of para-hydroxylation sites is 1. The summed E-state index contributed by atoms with van der Waals surface area (Å²) in [4.78, 5) is 0. The minimum Gasteiger partial charge on any atom is -0.493 e. The number of benzene rings is 1. The lowest BCUT2D eigenvalue weighted by molar-refractivity contribution is 0.139. The average Bonchev–Trinajstić information content (AvgIpc) is 3.02. The van der Waals surface area contributed by atoms with Crippen molar-refractivity contribution >= 4 is 11.8 Å². The molecule has 1 aromatic rings. The third kappa shape index (κ3) is 2.00. The van der Waals surface area contributed by atoms with Crippen LogP contribution >= 0.6 is 11.8 Å². The van der Waals surface area contributed by atoms with E-state index in [0.29, 0.717) is 0 Å². The van der Waals surface area contributed by atoms with Crippen LogP contribution in [0.2, 0.25) is 0 Å². The molecule has 1 aliphatic heterocycles. The number of thioether (sulfide) groups is 1. The van der Waals surface area contributed by atoms with Gasteiger partial charge < -0.3 is 14.6 Å². The van der Waals surface area contributed by atoms with Crippen molar-refractivity contribution in [1.29, 1.82) is 0 Å². The summed E-state index contributed by atoms with van der Waals surface area (Å²) >= 11 is 1.88. The maximum atomic E-state index is 10.3. The van der Waals surface area contributed by atoms with Crippen molar-refractivity contribution in [2.75, 3.05) is 18.6 Å². The van der Waals surface area contributed by atoms with Gasteiger partial charge in [0.25, 0.3) is 0 Å². The van der Waals surface area contributed by atoms with Crippen molar-refractivity contribution in [2.24, 2.45) is 0 Å². The molecular weight excluding hydrogens is 236 g/mol. The summed E-state index contributed by atoms with van der Waals surface area (Å²) in [6, 6.07) is 5.74. The van der Waals surface area contributed by atoms with Crippen molar-refractivity contribution in [2.45, 2.75) is 24.5 Å². The first-order chi connectivity index (χ1) is 8.23. The highest BCUT2D eigenvalue weighted by Gasteiger charge is 2.45. The van der Waals surface area contributed by atoms with E-state index in [2.05, 4.69) is 0 Å². The number of hydrogen-bond acceptors (Lipinski definition) is 4. The Bertz CT molecular complexity index is 425. The number of hydrogen-bond donors (Lipinski definition) is 1. The maximum Gasteiger partial charge on any atom is 0.167 e. The van der Waals surface area contributed by atoms with Gasteiger partial charge in [-0.05, 0) is 18.9 Å². The van der Waals surface area contributed by atoms with E-state index in [1.165, 1.54) is 0 Å². The van der Waals surface area contributed by atoms with E-state index < -0.39 is 5.60 Å². The molecule has 1 saturated heterocycles. The lowest BCUT2D eigenvalue weighted by Gasteiger charge is -2.28. The standard InChI is InChI=1S/C13H16O3S/c1-15-11-4-2-3-10(13(14)5-6-13)12(11)16-9-7-17-8-9/h2-4,9,14H,5-8H2,1H3. The summed E-state index contributed by atoms with van der Waals surface area (Å²) in [7, 11) is 1.64. The maximum absolute atomic E-state index is 10.3. The molecule has 1 aromatic carbocycles. The molecule has 1 saturated carbocycles. The fourth-order valence-corrected chi connectivity index (χ4v) is 2.57. The van der Waals surface area contributed by atoms with Crippen LogP contribution < -0.4 is 9.47 Å². The van der Waals surface area contributed by atoms with E-state index >= 15 is 0 Å². The van der Waals surface area contributed by atoms with Crippen LogP contribution in [0.5, 0.6) is 11.5 Å². The molecule has 0 atom stereocenters. The first-order valence-corrected chi connectivity index (χ1v) is 7.03. The molecule has 4 heteroatoms. The molecule has 3 rings (SSSR count). The van der Waals surface area contributed by atoms with E-state index in [9.17, 15) is 5.11 Å². The monoisotopic (exact) mass is 252 g/mol. The molecule has 2 aliphatic rings. The topological polar surface area (TPSA) is 38.7 Å². The third-order valence-electron chi connectivity index (χ3n) is 3.32. The Morgan fingerprint density at radius 2 is 2.12 bits per heavy atom. The number of methoxy groups -OCH3 is 1. The van der Waals surface area contributed by atoms with Gasteiger partial charge in [0.05, 0.1) is 12.7 Å². The summed E-state index contributed by atoms with van der Waals surface area (Å²) in [6.07, 6.45) is 1.89. The zero-order valence-corrected chi connectivity index (χ0v) is 10.6. The highest BCUT2D eigenvalue weighted by Crippen LogP contribution is 2.51. The van der Waals surface area contributed by atoms with Gasteiger partial charge in [0, 0.05) is 17.1 Å². The highest BCUT2D eigenvalue weighted by atomic mass is 32.2. The van der Waals surface area contributed by atoms with E-state index in [-0.39, 0.29) is 6.10 Å². The molecule has 0 aromatic heterocycles. The van der Waals surface area contributed by atoms with Gasteiger partial charge >= 0.3 is 0 Å². The molecule has 0 radical (unpaired) electrons. The van der Waals surface area contributed by atoms with Gasteiger partial charge in [-0.3, -0.25) is 0 Å². The lowest BCUT2D eigenvalue weighted by Crippen LogP contribution is -2.32. The summed E-state index contributed by atoms with van der Waals surface area (Å²) in [5.41, 5.74) is 0.203. The van der Waals surface area contributed by atoms with Crippen LogP contribution in [0.1, 0.15) is 18.4 Å². The molecule has 1 N–H and O–H groups in total. The molecule has 17 heavy (non-hydrogen) atoms. The summed E-state index contributed by atoms with van der Waals surface area (Å²) < 4.78 is 11.3. The molecule has 0 spiro atoms. The minimum absolute atomic E-state index is 0.261. The molecule has 92 valence electrons. The molecule has 2 fully saturated rings. The quantitative estimate of drug-likeness (QED) is 0.891. The zero-order valence-electron chi connectivity index (χ0n) is 9.81. The van der Waals surface area contributed by atoms with Gasteiger partial charge in [-0.1, -0.05) is 12.1 Å². The average molecular weight is 252 g/mol. The fourth-order valence-electron chi connectivity index (χ4n) is 2.00. The SMILES string of the molecule is COc1cccc(C2(O)CC2)c1OC1CSC1. The van der Waals surface area contributed by atoms with E-state index in [1.807, 2.05) is 30.0 Å².